The van der Waals surface area contributed by atoms with E-state index in [1.54, 1.807) is 12.1 Å². The molecule has 0 unspecified atom stereocenters. The van der Waals surface area contributed by atoms with Crippen molar-refractivity contribution in [2.24, 2.45) is 5.10 Å². The molecule has 0 aliphatic rings. The predicted octanol–water partition coefficient (Wildman–Crippen LogP) is 3.05. The van der Waals surface area contributed by atoms with E-state index in [1.807, 2.05) is 66.0 Å². The predicted molar refractivity (Wildman–Crippen MR) is 103 cm³/mol. The Balaban J connectivity index is 1.68. The Hall–Kier alpha value is -3.25. The molecule has 0 atom stereocenters. The molecule has 1 aromatic heterocycles. The molecule has 0 spiro atoms. The number of hydrogen-bond donors (Lipinski definition) is 2. The van der Waals surface area contributed by atoms with E-state index in [2.05, 4.69) is 15.8 Å². The molecule has 26 heavy (non-hydrogen) atoms. The number of rotatable bonds is 6. The van der Waals surface area contributed by atoms with Crippen molar-refractivity contribution in [1.29, 1.82) is 0 Å². The molecule has 0 saturated carbocycles. The SMILES string of the molecule is O=C(CNC(=O)c1cccs1)NN=C(c1ccccc1)c1ccccc1. The summed E-state index contributed by atoms with van der Waals surface area (Å²) < 4.78 is 0. The molecule has 2 N–H and O–H groups in total. The molecule has 1 heterocycles. The van der Waals surface area contributed by atoms with E-state index < -0.39 is 0 Å². The minimum Gasteiger partial charge on any atom is -0.342 e. The van der Waals surface area contributed by atoms with Crippen molar-refractivity contribution in [1.82, 2.24) is 10.7 Å². The zero-order valence-corrected chi connectivity index (χ0v) is 14.7. The van der Waals surface area contributed by atoms with Gasteiger partial charge in [0.2, 0.25) is 0 Å². The molecule has 0 bridgehead atoms. The summed E-state index contributed by atoms with van der Waals surface area (Å²) in [5.74, 6) is -0.662. The van der Waals surface area contributed by atoms with Crippen LogP contribution in [-0.4, -0.2) is 24.1 Å². The maximum Gasteiger partial charge on any atom is 0.261 e. The number of benzene rings is 2. The third-order valence-electron chi connectivity index (χ3n) is 3.54. The highest BCUT2D eigenvalue weighted by Gasteiger charge is 2.10. The largest absolute Gasteiger partial charge is 0.342 e. The smallest absolute Gasteiger partial charge is 0.261 e. The van der Waals surface area contributed by atoms with Crippen LogP contribution in [0.25, 0.3) is 0 Å². The summed E-state index contributed by atoms with van der Waals surface area (Å²) in [6.45, 7) is -0.142. The molecule has 5 nitrogen and oxygen atoms in total. The van der Waals surface area contributed by atoms with Gasteiger partial charge in [-0.2, -0.15) is 5.10 Å². The van der Waals surface area contributed by atoms with Gasteiger partial charge in [0.25, 0.3) is 11.8 Å². The second-order valence-electron chi connectivity index (χ2n) is 5.39. The average molecular weight is 363 g/mol. The highest BCUT2D eigenvalue weighted by Crippen LogP contribution is 2.10. The highest BCUT2D eigenvalue weighted by atomic mass is 32.1. The molecule has 0 aliphatic carbocycles. The van der Waals surface area contributed by atoms with Crippen molar-refractivity contribution in [3.63, 3.8) is 0 Å². The highest BCUT2D eigenvalue weighted by molar-refractivity contribution is 7.12. The van der Waals surface area contributed by atoms with Crippen molar-refractivity contribution in [2.45, 2.75) is 0 Å². The van der Waals surface area contributed by atoms with Crippen molar-refractivity contribution in [3.8, 4) is 0 Å². The quantitative estimate of drug-likeness (QED) is 0.522. The lowest BCUT2D eigenvalue weighted by Gasteiger charge is -2.08. The van der Waals surface area contributed by atoms with E-state index in [1.165, 1.54) is 11.3 Å². The number of nitrogens with zero attached hydrogens (tertiary/aromatic N) is 1. The van der Waals surface area contributed by atoms with Gasteiger partial charge in [-0.1, -0.05) is 66.7 Å². The maximum absolute atomic E-state index is 12.1. The lowest BCUT2D eigenvalue weighted by atomic mass is 10.0. The molecule has 0 saturated heterocycles. The van der Waals surface area contributed by atoms with Gasteiger partial charge in [0.05, 0.1) is 17.1 Å². The van der Waals surface area contributed by atoms with E-state index in [9.17, 15) is 9.59 Å². The van der Waals surface area contributed by atoms with Crippen LogP contribution in [0.4, 0.5) is 0 Å². The fraction of sp³-hybridized carbons (Fsp3) is 0.0500. The van der Waals surface area contributed by atoms with Gasteiger partial charge in [0, 0.05) is 11.1 Å². The Labute approximate surface area is 155 Å². The van der Waals surface area contributed by atoms with Gasteiger partial charge in [0.1, 0.15) is 0 Å². The van der Waals surface area contributed by atoms with Gasteiger partial charge in [-0.15, -0.1) is 11.3 Å². The monoisotopic (exact) mass is 363 g/mol. The van der Waals surface area contributed by atoms with E-state index in [0.717, 1.165) is 11.1 Å². The molecule has 0 fully saturated rings. The van der Waals surface area contributed by atoms with Crippen LogP contribution in [0.5, 0.6) is 0 Å². The lowest BCUT2D eigenvalue weighted by molar-refractivity contribution is -0.120. The molecule has 0 radical (unpaired) electrons. The summed E-state index contributed by atoms with van der Waals surface area (Å²) in [7, 11) is 0. The fourth-order valence-electron chi connectivity index (χ4n) is 2.30. The fourth-order valence-corrected chi connectivity index (χ4v) is 2.94. The molecule has 2 aromatic carbocycles. The maximum atomic E-state index is 12.1. The minimum atomic E-state index is -0.390. The van der Waals surface area contributed by atoms with Crippen LogP contribution in [0.3, 0.4) is 0 Å². The summed E-state index contributed by atoms with van der Waals surface area (Å²) in [6, 6.07) is 22.7. The first-order valence-electron chi connectivity index (χ1n) is 8.03. The summed E-state index contributed by atoms with van der Waals surface area (Å²) in [5.41, 5.74) is 4.96. The third kappa shape index (κ3) is 4.64. The number of carbonyl (C=O) groups excluding carboxylic acids is 2. The molecular formula is C20H17N3O2S. The Morgan fingerprint density at radius 1 is 0.846 bits per heavy atom. The van der Waals surface area contributed by atoms with Crippen LogP contribution in [0.15, 0.2) is 83.3 Å². The average Bonchev–Trinajstić information content (AvgIpc) is 3.23. The van der Waals surface area contributed by atoms with E-state index in [-0.39, 0.29) is 18.4 Å². The van der Waals surface area contributed by atoms with Gasteiger partial charge >= 0.3 is 0 Å². The molecule has 6 heteroatoms. The van der Waals surface area contributed by atoms with Gasteiger partial charge < -0.3 is 5.32 Å². The minimum absolute atomic E-state index is 0.142. The first kappa shape index (κ1) is 17.6. The molecule has 2 amide bonds. The van der Waals surface area contributed by atoms with Crippen LogP contribution in [0, 0.1) is 0 Å². The van der Waals surface area contributed by atoms with Crippen LogP contribution in [0.2, 0.25) is 0 Å². The van der Waals surface area contributed by atoms with Crippen LogP contribution < -0.4 is 10.7 Å². The second-order valence-corrected chi connectivity index (χ2v) is 6.34. The van der Waals surface area contributed by atoms with Crippen molar-refractivity contribution in [3.05, 3.63) is 94.2 Å². The molecule has 0 aliphatic heterocycles. The van der Waals surface area contributed by atoms with Gasteiger partial charge in [-0.25, -0.2) is 5.43 Å². The molecule has 3 rings (SSSR count). The topological polar surface area (TPSA) is 70.6 Å². The van der Waals surface area contributed by atoms with Crippen molar-refractivity contribution >= 4 is 28.9 Å². The van der Waals surface area contributed by atoms with Gasteiger partial charge in [-0.3, -0.25) is 9.59 Å². The first-order chi connectivity index (χ1) is 12.7. The number of thiophene rings is 1. The van der Waals surface area contributed by atoms with E-state index >= 15 is 0 Å². The number of hydrazone groups is 1. The van der Waals surface area contributed by atoms with Crippen molar-refractivity contribution in [2.75, 3.05) is 6.54 Å². The Morgan fingerprint density at radius 2 is 1.46 bits per heavy atom. The normalized spacial score (nSPS) is 10.0. The van der Waals surface area contributed by atoms with Crippen LogP contribution in [-0.2, 0) is 4.79 Å². The third-order valence-corrected chi connectivity index (χ3v) is 4.41. The molecule has 3 aromatic rings. The first-order valence-corrected chi connectivity index (χ1v) is 8.91. The summed E-state index contributed by atoms with van der Waals surface area (Å²) in [6.07, 6.45) is 0. The Bertz CT molecular complexity index is 850. The molecule has 130 valence electrons. The van der Waals surface area contributed by atoms with E-state index in [4.69, 9.17) is 0 Å². The Morgan fingerprint density at radius 3 is 2.00 bits per heavy atom. The number of nitrogens with one attached hydrogen (secondary N) is 2. The second kappa shape index (κ2) is 8.73. The summed E-state index contributed by atoms with van der Waals surface area (Å²) in [5, 5.41) is 8.66. The summed E-state index contributed by atoms with van der Waals surface area (Å²) >= 11 is 1.32. The van der Waals surface area contributed by atoms with E-state index in [0.29, 0.717) is 10.6 Å². The molecular weight excluding hydrogens is 346 g/mol. The zero-order chi connectivity index (χ0) is 18.2. The van der Waals surface area contributed by atoms with Crippen LogP contribution in [0.1, 0.15) is 20.8 Å². The number of carbonyl (C=O) groups is 2. The number of hydrogen-bond acceptors (Lipinski definition) is 4. The lowest BCUT2D eigenvalue weighted by Crippen LogP contribution is -2.35. The Kier molecular flexibility index (Phi) is 5.90. The van der Waals surface area contributed by atoms with Crippen LogP contribution >= 0.6 is 11.3 Å². The van der Waals surface area contributed by atoms with Gasteiger partial charge in [0.15, 0.2) is 0 Å². The number of amides is 2. The summed E-state index contributed by atoms with van der Waals surface area (Å²) in [4.78, 5) is 24.5. The van der Waals surface area contributed by atoms with Gasteiger partial charge in [-0.05, 0) is 11.4 Å². The standard InChI is InChI=1S/C20H17N3O2S/c24-18(14-21-20(25)17-12-7-13-26-17)22-23-19(15-8-3-1-4-9-15)16-10-5-2-6-11-16/h1-13H,14H2,(H,21,25)(H,22,24). The van der Waals surface area contributed by atoms with Crippen molar-refractivity contribution < 1.29 is 9.59 Å². The zero-order valence-electron chi connectivity index (χ0n) is 13.9.